The summed E-state index contributed by atoms with van der Waals surface area (Å²) >= 11 is 0. The van der Waals surface area contributed by atoms with Crippen LogP contribution < -0.4 is 0 Å². The van der Waals surface area contributed by atoms with Gasteiger partial charge in [0.2, 0.25) is 0 Å². The third-order valence-electron chi connectivity index (χ3n) is 12.5. The summed E-state index contributed by atoms with van der Waals surface area (Å²) in [5.74, 6) is -1.03. The predicted octanol–water partition coefficient (Wildman–Crippen LogP) is 19.4. The summed E-state index contributed by atoms with van der Waals surface area (Å²) in [7, 11) is 0. The number of carbonyl (C=O) groups is 3. The van der Waals surface area contributed by atoms with E-state index < -0.39 is 12.1 Å². The third-order valence-corrected chi connectivity index (χ3v) is 12.5. The molecule has 6 heteroatoms. The van der Waals surface area contributed by atoms with E-state index >= 15 is 0 Å². The Balaban J connectivity index is 4.45. The highest BCUT2D eigenvalue weighted by molar-refractivity contribution is 5.72. The molecule has 68 heavy (non-hydrogen) atoms. The van der Waals surface area contributed by atoms with Crippen LogP contribution >= 0.6 is 0 Å². The van der Waals surface area contributed by atoms with Crippen LogP contribution in [0.15, 0.2) is 72.9 Å². The van der Waals surface area contributed by atoms with Gasteiger partial charge >= 0.3 is 17.9 Å². The van der Waals surface area contributed by atoms with Crippen LogP contribution in [0.5, 0.6) is 0 Å². The summed E-state index contributed by atoms with van der Waals surface area (Å²) in [6.45, 7) is 6.46. The van der Waals surface area contributed by atoms with Crippen molar-refractivity contribution in [1.29, 1.82) is 0 Å². The van der Waals surface area contributed by atoms with Crippen LogP contribution in [0.4, 0.5) is 0 Å². The fourth-order valence-corrected chi connectivity index (χ4v) is 8.16. The van der Waals surface area contributed by atoms with Crippen LogP contribution in [-0.4, -0.2) is 37.2 Å². The summed E-state index contributed by atoms with van der Waals surface area (Å²) in [6, 6.07) is 0. The maximum atomic E-state index is 12.8. The standard InChI is InChI=1S/C62H108O6/c1-4-7-10-13-16-19-22-25-28-30-32-34-37-40-43-46-49-52-55-61(64)67-58-59(57-66-60(63)54-51-48-45-42-39-36-33-27-24-21-18-15-12-9-6-3)68-62(65)56-53-50-47-44-41-38-35-31-29-26-23-20-17-14-11-8-5-2/h9,12,18,21,26-27,29,33,39,42,48,51,59H,4-8,10-11,13-17,19-20,22-25,28,30-32,34-38,40-41,43-47,49-50,52-58H2,1-3H3/b12-9-,21-18-,29-26-,33-27-,42-39-,51-48-. The molecule has 0 aliphatic rings. The van der Waals surface area contributed by atoms with Gasteiger partial charge in [-0.2, -0.15) is 0 Å². The minimum Gasteiger partial charge on any atom is -0.462 e. The van der Waals surface area contributed by atoms with Crippen molar-refractivity contribution >= 4 is 17.9 Å². The second kappa shape index (κ2) is 56.4. The first-order valence-corrected chi connectivity index (χ1v) is 28.9. The van der Waals surface area contributed by atoms with E-state index in [0.717, 1.165) is 70.6 Å². The molecule has 392 valence electrons. The normalized spacial score (nSPS) is 12.6. The van der Waals surface area contributed by atoms with Gasteiger partial charge in [-0.1, -0.05) is 267 Å². The number of unbranched alkanes of at least 4 members (excludes halogenated alkanes) is 30. The lowest BCUT2D eigenvalue weighted by molar-refractivity contribution is -0.166. The third kappa shape index (κ3) is 53.8. The van der Waals surface area contributed by atoms with Gasteiger partial charge in [-0.05, 0) is 70.6 Å². The monoisotopic (exact) mass is 949 g/mol. The van der Waals surface area contributed by atoms with Crippen molar-refractivity contribution < 1.29 is 28.6 Å². The van der Waals surface area contributed by atoms with Gasteiger partial charge < -0.3 is 14.2 Å². The first kappa shape index (κ1) is 64.8. The minimum atomic E-state index is -0.816. The van der Waals surface area contributed by atoms with Crippen LogP contribution in [0, 0.1) is 0 Å². The van der Waals surface area contributed by atoms with E-state index in [-0.39, 0.29) is 31.6 Å². The van der Waals surface area contributed by atoms with Crippen LogP contribution in [-0.2, 0) is 28.6 Å². The molecule has 0 bridgehead atoms. The molecule has 0 aromatic heterocycles. The zero-order valence-corrected chi connectivity index (χ0v) is 44.9. The molecular formula is C62H108O6. The van der Waals surface area contributed by atoms with Crippen molar-refractivity contribution in [3.8, 4) is 0 Å². The van der Waals surface area contributed by atoms with Gasteiger partial charge in [0.05, 0.1) is 6.42 Å². The molecule has 1 unspecified atom stereocenters. The molecule has 1 atom stereocenters. The predicted molar refractivity (Wildman–Crippen MR) is 293 cm³/mol. The Hall–Kier alpha value is -3.15. The van der Waals surface area contributed by atoms with Crippen LogP contribution in [0.25, 0.3) is 0 Å². The Morgan fingerprint density at radius 1 is 0.324 bits per heavy atom. The molecule has 0 N–H and O–H groups in total. The molecule has 0 aromatic rings. The van der Waals surface area contributed by atoms with Crippen molar-refractivity contribution in [2.24, 2.45) is 0 Å². The van der Waals surface area contributed by atoms with E-state index in [2.05, 4.69) is 81.5 Å². The lowest BCUT2D eigenvalue weighted by Gasteiger charge is -2.18. The fourth-order valence-electron chi connectivity index (χ4n) is 8.16. The van der Waals surface area contributed by atoms with E-state index in [1.807, 2.05) is 6.08 Å². The van der Waals surface area contributed by atoms with E-state index in [0.29, 0.717) is 12.8 Å². The Labute approximate surface area is 421 Å². The Kier molecular flexibility index (Phi) is 53.8. The van der Waals surface area contributed by atoms with Gasteiger partial charge in [-0.15, -0.1) is 0 Å². The fraction of sp³-hybridized carbons (Fsp3) is 0.758. The Bertz CT molecular complexity index is 1270. The van der Waals surface area contributed by atoms with Crippen LogP contribution in [0.3, 0.4) is 0 Å². The van der Waals surface area contributed by atoms with E-state index in [4.69, 9.17) is 14.2 Å². The smallest absolute Gasteiger partial charge is 0.309 e. The molecule has 0 rings (SSSR count). The molecule has 0 aromatic carbocycles. The number of carbonyl (C=O) groups excluding carboxylic acids is 3. The molecule has 0 aliphatic heterocycles. The van der Waals surface area contributed by atoms with Crippen molar-refractivity contribution in [3.63, 3.8) is 0 Å². The summed E-state index contributed by atoms with van der Waals surface area (Å²) in [6.07, 6.45) is 72.1. The molecule has 0 fully saturated rings. The molecule has 0 radical (unpaired) electrons. The molecule has 0 amide bonds. The molecular weight excluding hydrogens is 841 g/mol. The van der Waals surface area contributed by atoms with Crippen molar-refractivity contribution in [2.75, 3.05) is 13.2 Å². The highest BCUT2D eigenvalue weighted by atomic mass is 16.6. The molecule has 0 saturated heterocycles. The number of ether oxygens (including phenoxy) is 3. The zero-order valence-electron chi connectivity index (χ0n) is 44.9. The summed E-state index contributed by atoms with van der Waals surface area (Å²) in [5, 5.41) is 0. The van der Waals surface area contributed by atoms with Crippen molar-refractivity contribution in [2.45, 2.75) is 290 Å². The topological polar surface area (TPSA) is 78.9 Å². The van der Waals surface area contributed by atoms with Crippen molar-refractivity contribution in [3.05, 3.63) is 72.9 Å². The number of rotatable bonds is 52. The average Bonchev–Trinajstić information content (AvgIpc) is 3.34. The molecule has 0 heterocycles. The SMILES string of the molecule is CC/C=C\C/C=C\C/C=C\C/C=C\C/C=C\CC(=O)OCC(COC(=O)CCCCCCCCCCCCCCCCCCCC)OC(=O)CCCCCCCCC/C=C\CCCCCCCC. The number of hydrogen-bond acceptors (Lipinski definition) is 6. The van der Waals surface area contributed by atoms with Gasteiger partial charge in [0.1, 0.15) is 13.2 Å². The van der Waals surface area contributed by atoms with Gasteiger partial charge in [-0.3, -0.25) is 14.4 Å². The first-order valence-electron chi connectivity index (χ1n) is 28.9. The molecule has 0 spiro atoms. The first-order chi connectivity index (χ1) is 33.5. The minimum absolute atomic E-state index is 0.104. The molecule has 0 aliphatic carbocycles. The Morgan fingerprint density at radius 3 is 1.01 bits per heavy atom. The van der Waals surface area contributed by atoms with Gasteiger partial charge in [-0.25, -0.2) is 0 Å². The lowest BCUT2D eigenvalue weighted by atomic mass is 10.0. The van der Waals surface area contributed by atoms with Crippen molar-refractivity contribution in [1.82, 2.24) is 0 Å². The maximum Gasteiger partial charge on any atom is 0.309 e. The second-order valence-corrected chi connectivity index (χ2v) is 19.2. The zero-order chi connectivity index (χ0) is 49.3. The number of hydrogen-bond donors (Lipinski definition) is 0. The van der Waals surface area contributed by atoms with E-state index in [9.17, 15) is 14.4 Å². The van der Waals surface area contributed by atoms with Gasteiger partial charge in [0.15, 0.2) is 6.10 Å². The largest absolute Gasteiger partial charge is 0.462 e. The van der Waals surface area contributed by atoms with Gasteiger partial charge in [0, 0.05) is 12.8 Å². The van der Waals surface area contributed by atoms with E-state index in [1.165, 1.54) is 173 Å². The maximum absolute atomic E-state index is 12.8. The highest BCUT2D eigenvalue weighted by Crippen LogP contribution is 2.16. The summed E-state index contributed by atoms with van der Waals surface area (Å²) in [5.41, 5.74) is 0. The number of allylic oxidation sites excluding steroid dienone is 11. The second-order valence-electron chi connectivity index (χ2n) is 19.2. The summed E-state index contributed by atoms with van der Waals surface area (Å²) in [4.78, 5) is 38.1. The van der Waals surface area contributed by atoms with E-state index in [1.54, 1.807) is 6.08 Å². The summed E-state index contributed by atoms with van der Waals surface area (Å²) < 4.78 is 16.8. The average molecular weight is 950 g/mol. The lowest BCUT2D eigenvalue weighted by Crippen LogP contribution is -2.30. The van der Waals surface area contributed by atoms with Crippen LogP contribution in [0.1, 0.15) is 284 Å². The number of esters is 3. The highest BCUT2D eigenvalue weighted by Gasteiger charge is 2.19. The molecule has 0 saturated carbocycles. The Morgan fingerprint density at radius 2 is 0.632 bits per heavy atom. The quantitative estimate of drug-likeness (QED) is 0.0262. The van der Waals surface area contributed by atoms with Crippen LogP contribution in [0.2, 0.25) is 0 Å². The van der Waals surface area contributed by atoms with Gasteiger partial charge in [0.25, 0.3) is 0 Å². The molecule has 6 nitrogen and oxygen atoms in total.